The number of carbonyl (C=O) groups is 1. The summed E-state index contributed by atoms with van der Waals surface area (Å²) in [5.41, 5.74) is 0. The van der Waals surface area contributed by atoms with E-state index < -0.39 is 0 Å². The van der Waals surface area contributed by atoms with Crippen LogP contribution in [0.1, 0.15) is 12.8 Å². The lowest BCUT2D eigenvalue weighted by Crippen LogP contribution is -2.46. The van der Waals surface area contributed by atoms with Gasteiger partial charge in [0.05, 0.1) is 6.04 Å². The molecule has 3 nitrogen and oxygen atoms in total. The molecule has 0 radical (unpaired) electrons. The number of nitrogens with one attached hydrogen (secondary N) is 1. The Morgan fingerprint density at radius 2 is 2.15 bits per heavy atom. The van der Waals surface area contributed by atoms with Crippen LogP contribution in [0.15, 0.2) is 0 Å². The van der Waals surface area contributed by atoms with Crippen LogP contribution in [-0.4, -0.2) is 48.0 Å². The SMILES string of the molecule is O=C([C@@H]1CCCN1)N1CCSCC1. The first-order chi connectivity index (χ1) is 6.38. The van der Waals surface area contributed by atoms with E-state index in [9.17, 15) is 4.79 Å². The molecule has 2 fully saturated rings. The van der Waals surface area contributed by atoms with Gasteiger partial charge in [0.1, 0.15) is 0 Å². The molecule has 1 N–H and O–H groups in total. The first-order valence-electron chi connectivity index (χ1n) is 4.98. The van der Waals surface area contributed by atoms with Crippen LogP contribution in [0.4, 0.5) is 0 Å². The fourth-order valence-corrected chi connectivity index (χ4v) is 2.80. The van der Waals surface area contributed by atoms with Crippen molar-refractivity contribution in [1.82, 2.24) is 10.2 Å². The normalized spacial score (nSPS) is 29.2. The predicted octanol–water partition coefficient (Wildman–Crippen LogP) is 0.314. The highest BCUT2D eigenvalue weighted by atomic mass is 32.2. The molecule has 1 atom stereocenters. The molecule has 1 amide bonds. The van der Waals surface area contributed by atoms with Gasteiger partial charge in [0.25, 0.3) is 0 Å². The minimum atomic E-state index is 0.128. The predicted molar refractivity (Wildman–Crippen MR) is 54.9 cm³/mol. The quantitative estimate of drug-likeness (QED) is 0.661. The number of carbonyl (C=O) groups excluding carboxylic acids is 1. The van der Waals surface area contributed by atoms with Gasteiger partial charge in [-0.1, -0.05) is 0 Å². The Hall–Kier alpha value is -0.220. The summed E-state index contributed by atoms with van der Waals surface area (Å²) in [6, 6.07) is 0.128. The van der Waals surface area contributed by atoms with Crippen molar-refractivity contribution in [2.24, 2.45) is 0 Å². The number of hydrogen-bond acceptors (Lipinski definition) is 3. The summed E-state index contributed by atoms with van der Waals surface area (Å²) in [5, 5.41) is 3.26. The van der Waals surface area contributed by atoms with Gasteiger partial charge >= 0.3 is 0 Å². The van der Waals surface area contributed by atoms with Crippen LogP contribution in [0.5, 0.6) is 0 Å². The van der Waals surface area contributed by atoms with Crippen LogP contribution in [0.2, 0.25) is 0 Å². The summed E-state index contributed by atoms with van der Waals surface area (Å²) < 4.78 is 0. The highest BCUT2D eigenvalue weighted by molar-refractivity contribution is 7.99. The van der Waals surface area contributed by atoms with E-state index in [-0.39, 0.29) is 6.04 Å². The molecular formula is C9H16N2OS. The van der Waals surface area contributed by atoms with Gasteiger partial charge in [-0.05, 0) is 19.4 Å². The Bertz CT molecular complexity index is 186. The van der Waals surface area contributed by atoms with Gasteiger partial charge < -0.3 is 10.2 Å². The summed E-state index contributed by atoms with van der Waals surface area (Å²) in [6.45, 7) is 2.91. The molecule has 0 aliphatic carbocycles. The van der Waals surface area contributed by atoms with Gasteiger partial charge in [-0.25, -0.2) is 0 Å². The van der Waals surface area contributed by atoms with Gasteiger partial charge in [-0.3, -0.25) is 4.79 Å². The lowest BCUT2D eigenvalue weighted by Gasteiger charge is -2.28. The first-order valence-corrected chi connectivity index (χ1v) is 6.13. The second-order valence-corrected chi connectivity index (χ2v) is 4.81. The topological polar surface area (TPSA) is 32.3 Å². The van der Waals surface area contributed by atoms with E-state index in [1.54, 1.807) is 0 Å². The third-order valence-corrected chi connectivity index (χ3v) is 3.62. The van der Waals surface area contributed by atoms with Gasteiger partial charge in [-0.2, -0.15) is 11.8 Å². The zero-order valence-corrected chi connectivity index (χ0v) is 8.61. The molecule has 2 heterocycles. The van der Waals surface area contributed by atoms with Crippen LogP contribution >= 0.6 is 11.8 Å². The molecule has 13 heavy (non-hydrogen) atoms. The van der Waals surface area contributed by atoms with Crippen molar-refractivity contribution in [2.45, 2.75) is 18.9 Å². The largest absolute Gasteiger partial charge is 0.340 e. The molecule has 0 aromatic rings. The Morgan fingerprint density at radius 3 is 2.77 bits per heavy atom. The molecule has 74 valence electrons. The van der Waals surface area contributed by atoms with E-state index >= 15 is 0 Å². The zero-order chi connectivity index (χ0) is 9.10. The average molecular weight is 200 g/mol. The number of nitrogens with zero attached hydrogens (tertiary/aromatic N) is 1. The van der Waals surface area contributed by atoms with Crippen LogP contribution in [0.25, 0.3) is 0 Å². The van der Waals surface area contributed by atoms with Gasteiger partial charge in [0, 0.05) is 24.6 Å². The first kappa shape index (κ1) is 9.34. The fourth-order valence-electron chi connectivity index (χ4n) is 1.90. The smallest absolute Gasteiger partial charge is 0.239 e. The molecule has 0 aromatic carbocycles. The monoisotopic (exact) mass is 200 g/mol. The molecule has 2 rings (SSSR count). The Balaban J connectivity index is 1.87. The standard InChI is InChI=1S/C9H16N2OS/c12-9(8-2-1-3-10-8)11-4-6-13-7-5-11/h8,10H,1-7H2/t8-/m0/s1. The number of amides is 1. The third-order valence-electron chi connectivity index (χ3n) is 2.68. The number of hydrogen-bond donors (Lipinski definition) is 1. The maximum atomic E-state index is 11.9. The maximum absolute atomic E-state index is 11.9. The van der Waals surface area contributed by atoms with E-state index in [0.29, 0.717) is 5.91 Å². The second-order valence-electron chi connectivity index (χ2n) is 3.59. The van der Waals surface area contributed by atoms with E-state index in [4.69, 9.17) is 0 Å². The van der Waals surface area contributed by atoms with Crippen molar-refractivity contribution in [3.8, 4) is 0 Å². The van der Waals surface area contributed by atoms with Crippen LogP contribution in [-0.2, 0) is 4.79 Å². The molecule has 4 heteroatoms. The molecular weight excluding hydrogens is 184 g/mol. The van der Waals surface area contributed by atoms with Crippen molar-refractivity contribution in [2.75, 3.05) is 31.1 Å². The van der Waals surface area contributed by atoms with Crippen molar-refractivity contribution < 1.29 is 4.79 Å². The molecule has 2 aliphatic rings. The second kappa shape index (κ2) is 4.33. The maximum Gasteiger partial charge on any atom is 0.239 e. The van der Waals surface area contributed by atoms with Gasteiger partial charge in [0.2, 0.25) is 5.91 Å². The fraction of sp³-hybridized carbons (Fsp3) is 0.889. The third kappa shape index (κ3) is 2.17. The summed E-state index contributed by atoms with van der Waals surface area (Å²) in [5.74, 6) is 2.55. The molecule has 0 aromatic heterocycles. The lowest BCUT2D eigenvalue weighted by atomic mass is 10.2. The molecule has 0 saturated carbocycles. The van der Waals surface area contributed by atoms with E-state index in [0.717, 1.165) is 44.0 Å². The molecule has 0 bridgehead atoms. The molecule has 0 spiro atoms. The Kier molecular flexibility index (Phi) is 3.11. The number of rotatable bonds is 1. The van der Waals surface area contributed by atoms with Crippen molar-refractivity contribution in [3.63, 3.8) is 0 Å². The molecule has 2 aliphatic heterocycles. The average Bonchev–Trinajstić information content (AvgIpc) is 2.71. The highest BCUT2D eigenvalue weighted by Gasteiger charge is 2.27. The van der Waals surface area contributed by atoms with Crippen LogP contribution in [0.3, 0.4) is 0 Å². The van der Waals surface area contributed by atoms with Gasteiger partial charge in [0.15, 0.2) is 0 Å². The summed E-state index contributed by atoms with van der Waals surface area (Å²) >= 11 is 1.94. The van der Waals surface area contributed by atoms with Gasteiger partial charge in [-0.15, -0.1) is 0 Å². The minimum Gasteiger partial charge on any atom is -0.340 e. The molecule has 0 unspecified atom stereocenters. The zero-order valence-electron chi connectivity index (χ0n) is 7.79. The summed E-state index contributed by atoms with van der Waals surface area (Å²) in [7, 11) is 0. The van der Waals surface area contributed by atoms with Crippen LogP contribution in [0, 0.1) is 0 Å². The minimum absolute atomic E-state index is 0.128. The van der Waals surface area contributed by atoms with E-state index in [1.807, 2.05) is 16.7 Å². The van der Waals surface area contributed by atoms with Crippen molar-refractivity contribution in [3.05, 3.63) is 0 Å². The van der Waals surface area contributed by atoms with E-state index in [1.165, 1.54) is 0 Å². The summed E-state index contributed by atoms with van der Waals surface area (Å²) in [6.07, 6.45) is 2.18. The van der Waals surface area contributed by atoms with Crippen molar-refractivity contribution >= 4 is 17.7 Å². The lowest BCUT2D eigenvalue weighted by molar-refractivity contribution is -0.132. The Labute approximate surface area is 83.2 Å². The molecule has 2 saturated heterocycles. The summed E-state index contributed by atoms with van der Waals surface area (Å²) in [4.78, 5) is 13.9. The number of thioether (sulfide) groups is 1. The van der Waals surface area contributed by atoms with Crippen molar-refractivity contribution in [1.29, 1.82) is 0 Å². The van der Waals surface area contributed by atoms with Crippen LogP contribution < -0.4 is 5.32 Å². The highest BCUT2D eigenvalue weighted by Crippen LogP contribution is 2.13. The van der Waals surface area contributed by atoms with E-state index in [2.05, 4.69) is 5.32 Å². The Morgan fingerprint density at radius 1 is 1.38 bits per heavy atom.